The molecule has 0 aliphatic rings. The molecular formula is C12H19FN2O2. The third-order valence-corrected chi connectivity index (χ3v) is 2.48. The zero-order valence-electron chi connectivity index (χ0n) is 10.2. The summed E-state index contributed by atoms with van der Waals surface area (Å²) in [4.78, 5) is 0. The van der Waals surface area contributed by atoms with E-state index in [1.165, 1.54) is 13.2 Å². The van der Waals surface area contributed by atoms with Gasteiger partial charge in [-0.05, 0) is 31.0 Å². The molecule has 0 aliphatic heterocycles. The number of halogens is 1. The number of aryl methyl sites for hydroxylation is 1. The maximum absolute atomic E-state index is 13.1. The SMILES string of the molecule is COCC(O)CCNc1cc(C)c(F)cc1N. The molecule has 17 heavy (non-hydrogen) atoms. The molecule has 5 heteroatoms. The van der Waals surface area contributed by atoms with E-state index in [-0.39, 0.29) is 5.82 Å². The minimum atomic E-state index is -0.504. The predicted molar refractivity (Wildman–Crippen MR) is 66.5 cm³/mol. The van der Waals surface area contributed by atoms with E-state index < -0.39 is 6.10 Å². The lowest BCUT2D eigenvalue weighted by Crippen LogP contribution is -2.18. The Morgan fingerprint density at radius 1 is 1.53 bits per heavy atom. The van der Waals surface area contributed by atoms with Crippen molar-refractivity contribution in [3.8, 4) is 0 Å². The van der Waals surface area contributed by atoms with Gasteiger partial charge in [-0.15, -0.1) is 0 Å². The van der Waals surface area contributed by atoms with E-state index >= 15 is 0 Å². The second-order valence-electron chi connectivity index (χ2n) is 4.01. The van der Waals surface area contributed by atoms with Crippen molar-refractivity contribution in [3.63, 3.8) is 0 Å². The van der Waals surface area contributed by atoms with Crippen LogP contribution in [-0.4, -0.2) is 31.5 Å². The molecule has 0 saturated carbocycles. The van der Waals surface area contributed by atoms with E-state index in [1.807, 2.05) is 0 Å². The Bertz CT molecular complexity index is 372. The van der Waals surface area contributed by atoms with Crippen LogP contribution in [0.2, 0.25) is 0 Å². The first-order chi connectivity index (χ1) is 8.04. The van der Waals surface area contributed by atoms with Crippen molar-refractivity contribution in [2.45, 2.75) is 19.4 Å². The average Bonchev–Trinajstić information content (AvgIpc) is 2.26. The molecule has 0 radical (unpaired) electrons. The molecule has 1 rings (SSSR count). The number of rotatable bonds is 6. The van der Waals surface area contributed by atoms with Crippen LogP contribution in [0.15, 0.2) is 12.1 Å². The number of aliphatic hydroxyl groups excluding tert-OH is 1. The van der Waals surface area contributed by atoms with Crippen molar-refractivity contribution in [2.75, 3.05) is 31.3 Å². The molecule has 96 valence electrons. The summed E-state index contributed by atoms with van der Waals surface area (Å²) in [6.45, 7) is 2.54. The summed E-state index contributed by atoms with van der Waals surface area (Å²) in [5.74, 6) is -0.313. The van der Waals surface area contributed by atoms with Crippen molar-refractivity contribution in [1.29, 1.82) is 0 Å². The minimum Gasteiger partial charge on any atom is -0.397 e. The molecule has 0 amide bonds. The molecule has 0 fully saturated rings. The van der Waals surface area contributed by atoms with Crippen LogP contribution in [0.25, 0.3) is 0 Å². The first-order valence-electron chi connectivity index (χ1n) is 5.51. The number of ether oxygens (including phenoxy) is 1. The summed E-state index contributed by atoms with van der Waals surface area (Å²) in [6.07, 6.45) is 0.0410. The lowest BCUT2D eigenvalue weighted by Gasteiger charge is -2.13. The van der Waals surface area contributed by atoms with Gasteiger partial charge in [0.05, 0.1) is 24.1 Å². The average molecular weight is 242 g/mol. The van der Waals surface area contributed by atoms with Crippen molar-refractivity contribution < 1.29 is 14.2 Å². The van der Waals surface area contributed by atoms with Gasteiger partial charge >= 0.3 is 0 Å². The van der Waals surface area contributed by atoms with E-state index in [0.29, 0.717) is 36.5 Å². The highest BCUT2D eigenvalue weighted by molar-refractivity contribution is 5.67. The van der Waals surface area contributed by atoms with Crippen LogP contribution < -0.4 is 11.1 Å². The molecule has 4 nitrogen and oxygen atoms in total. The zero-order valence-corrected chi connectivity index (χ0v) is 10.2. The highest BCUT2D eigenvalue weighted by Gasteiger charge is 2.06. The number of aliphatic hydroxyl groups is 1. The van der Waals surface area contributed by atoms with E-state index in [1.54, 1.807) is 13.0 Å². The normalized spacial score (nSPS) is 12.5. The fourth-order valence-corrected chi connectivity index (χ4v) is 1.50. The van der Waals surface area contributed by atoms with Gasteiger partial charge in [-0.1, -0.05) is 0 Å². The number of hydrogen-bond donors (Lipinski definition) is 3. The summed E-state index contributed by atoms with van der Waals surface area (Å²) in [5, 5.41) is 12.5. The molecule has 0 heterocycles. The molecule has 0 aromatic heterocycles. The summed E-state index contributed by atoms with van der Waals surface area (Å²) in [7, 11) is 1.54. The maximum atomic E-state index is 13.1. The van der Waals surface area contributed by atoms with Gasteiger partial charge in [0.25, 0.3) is 0 Å². The molecule has 1 unspecified atom stereocenters. The number of hydrogen-bond acceptors (Lipinski definition) is 4. The smallest absolute Gasteiger partial charge is 0.128 e. The molecular weight excluding hydrogens is 223 g/mol. The summed E-state index contributed by atoms with van der Waals surface area (Å²) >= 11 is 0. The molecule has 1 aromatic carbocycles. The zero-order chi connectivity index (χ0) is 12.8. The van der Waals surface area contributed by atoms with Gasteiger partial charge in [-0.25, -0.2) is 4.39 Å². The molecule has 1 atom stereocenters. The Kier molecular flexibility index (Phi) is 5.18. The third kappa shape index (κ3) is 4.20. The topological polar surface area (TPSA) is 67.5 Å². The van der Waals surface area contributed by atoms with Crippen molar-refractivity contribution in [3.05, 3.63) is 23.5 Å². The van der Waals surface area contributed by atoms with Gasteiger partial charge in [0, 0.05) is 13.7 Å². The number of anilines is 2. The third-order valence-electron chi connectivity index (χ3n) is 2.48. The monoisotopic (exact) mass is 242 g/mol. The Morgan fingerprint density at radius 3 is 2.88 bits per heavy atom. The summed E-state index contributed by atoms with van der Waals surface area (Å²) in [5.41, 5.74) is 7.28. The minimum absolute atomic E-state index is 0.305. The van der Waals surface area contributed by atoms with Gasteiger partial charge in [0.15, 0.2) is 0 Å². The van der Waals surface area contributed by atoms with Crippen LogP contribution >= 0.6 is 0 Å². The van der Waals surface area contributed by atoms with Crippen molar-refractivity contribution in [2.24, 2.45) is 0 Å². The molecule has 0 aliphatic carbocycles. The van der Waals surface area contributed by atoms with Crippen LogP contribution in [0, 0.1) is 12.7 Å². The number of nitrogen functional groups attached to an aromatic ring is 1. The van der Waals surface area contributed by atoms with Crippen LogP contribution in [0.3, 0.4) is 0 Å². The van der Waals surface area contributed by atoms with Crippen LogP contribution in [0.1, 0.15) is 12.0 Å². The first-order valence-corrected chi connectivity index (χ1v) is 5.51. The van der Waals surface area contributed by atoms with Gasteiger partial charge in [0.2, 0.25) is 0 Å². The molecule has 4 N–H and O–H groups in total. The Labute approximate surface area is 101 Å². The molecule has 1 aromatic rings. The first kappa shape index (κ1) is 13.7. The second-order valence-corrected chi connectivity index (χ2v) is 4.01. The Morgan fingerprint density at radius 2 is 2.24 bits per heavy atom. The largest absolute Gasteiger partial charge is 0.397 e. The van der Waals surface area contributed by atoms with E-state index in [2.05, 4.69) is 5.32 Å². The van der Waals surface area contributed by atoms with E-state index in [0.717, 1.165) is 0 Å². The summed E-state index contributed by atoms with van der Waals surface area (Å²) < 4.78 is 18.0. The maximum Gasteiger partial charge on any atom is 0.128 e. The second kappa shape index (κ2) is 6.42. The van der Waals surface area contributed by atoms with E-state index in [4.69, 9.17) is 10.5 Å². The molecule has 0 spiro atoms. The van der Waals surface area contributed by atoms with E-state index in [9.17, 15) is 9.50 Å². The fraction of sp³-hybridized carbons (Fsp3) is 0.500. The number of nitrogens with two attached hydrogens (primary N) is 1. The standard InChI is InChI=1S/C12H19FN2O2/c1-8-5-12(11(14)6-10(8)13)15-4-3-9(16)7-17-2/h5-6,9,15-16H,3-4,7,14H2,1-2H3. The van der Waals surface area contributed by atoms with Gasteiger partial charge < -0.3 is 20.9 Å². The Hall–Kier alpha value is -1.33. The summed E-state index contributed by atoms with van der Waals surface area (Å²) in [6, 6.07) is 2.95. The van der Waals surface area contributed by atoms with Crippen LogP contribution in [0.4, 0.5) is 15.8 Å². The van der Waals surface area contributed by atoms with Crippen LogP contribution in [-0.2, 0) is 4.74 Å². The molecule has 0 saturated heterocycles. The number of methoxy groups -OCH3 is 1. The highest BCUT2D eigenvalue weighted by atomic mass is 19.1. The number of nitrogens with one attached hydrogen (secondary N) is 1. The van der Waals surface area contributed by atoms with Crippen molar-refractivity contribution in [1.82, 2.24) is 0 Å². The van der Waals surface area contributed by atoms with Crippen molar-refractivity contribution >= 4 is 11.4 Å². The molecule has 0 bridgehead atoms. The van der Waals surface area contributed by atoms with Gasteiger partial charge in [-0.3, -0.25) is 0 Å². The number of benzene rings is 1. The quantitative estimate of drug-likeness (QED) is 0.662. The highest BCUT2D eigenvalue weighted by Crippen LogP contribution is 2.22. The van der Waals surface area contributed by atoms with Gasteiger partial charge in [-0.2, -0.15) is 0 Å². The predicted octanol–water partition coefficient (Wildman–Crippen LogP) is 1.53. The lowest BCUT2D eigenvalue weighted by molar-refractivity contribution is 0.0615. The fourth-order valence-electron chi connectivity index (χ4n) is 1.50. The lowest BCUT2D eigenvalue weighted by atomic mass is 10.1. The van der Waals surface area contributed by atoms with Gasteiger partial charge in [0.1, 0.15) is 5.82 Å². The Balaban J connectivity index is 2.49. The van der Waals surface area contributed by atoms with Crippen LogP contribution in [0.5, 0.6) is 0 Å².